The highest BCUT2D eigenvalue weighted by atomic mass is 31.2. The van der Waals surface area contributed by atoms with Crippen molar-refractivity contribution in [2.24, 2.45) is 5.92 Å². The van der Waals surface area contributed by atoms with Crippen LogP contribution in [0.25, 0.3) is 0 Å². The standard InChI is InChI=1S/C8H9O2P/c1-4-7-6-11(3,9)10-8(7)5-2/h1-2,7-8H,6H2,3H3. The van der Waals surface area contributed by atoms with Gasteiger partial charge in [0.15, 0.2) is 0 Å². The van der Waals surface area contributed by atoms with Crippen LogP contribution in [-0.4, -0.2) is 18.9 Å². The van der Waals surface area contributed by atoms with Crippen LogP contribution in [0.4, 0.5) is 0 Å². The largest absolute Gasteiger partial charge is 0.311 e. The van der Waals surface area contributed by atoms with E-state index >= 15 is 0 Å². The van der Waals surface area contributed by atoms with Gasteiger partial charge >= 0.3 is 0 Å². The zero-order valence-electron chi connectivity index (χ0n) is 6.28. The van der Waals surface area contributed by atoms with Gasteiger partial charge in [-0.05, 0) is 0 Å². The summed E-state index contributed by atoms with van der Waals surface area (Å²) in [6.07, 6.45) is 10.3. The first-order valence-corrected chi connectivity index (χ1v) is 5.52. The van der Waals surface area contributed by atoms with Gasteiger partial charge in [-0.3, -0.25) is 4.57 Å². The fourth-order valence-electron chi connectivity index (χ4n) is 1.10. The normalized spacial score (nSPS) is 42.8. The number of rotatable bonds is 0. The molecule has 58 valence electrons. The highest BCUT2D eigenvalue weighted by Crippen LogP contribution is 2.52. The molecule has 1 rings (SSSR count). The average molecular weight is 168 g/mol. The molecule has 0 radical (unpaired) electrons. The summed E-state index contributed by atoms with van der Waals surface area (Å²) in [5.74, 6) is 4.69. The summed E-state index contributed by atoms with van der Waals surface area (Å²) in [4.78, 5) is 0. The Morgan fingerprint density at radius 1 is 1.55 bits per heavy atom. The molecule has 0 aliphatic carbocycles. The van der Waals surface area contributed by atoms with Crippen LogP contribution in [0.1, 0.15) is 0 Å². The van der Waals surface area contributed by atoms with Crippen molar-refractivity contribution in [1.29, 1.82) is 0 Å². The second kappa shape index (κ2) is 2.74. The molecular weight excluding hydrogens is 159 g/mol. The fraction of sp³-hybridized carbons (Fsp3) is 0.500. The number of hydrogen-bond donors (Lipinski definition) is 0. The molecule has 1 saturated heterocycles. The third-order valence-electron chi connectivity index (χ3n) is 1.61. The van der Waals surface area contributed by atoms with E-state index in [4.69, 9.17) is 17.4 Å². The zero-order chi connectivity index (χ0) is 8.48. The summed E-state index contributed by atoms with van der Waals surface area (Å²) in [5.41, 5.74) is 0. The van der Waals surface area contributed by atoms with Gasteiger partial charge in [0, 0.05) is 12.8 Å². The SMILES string of the molecule is C#CC1CP(C)(=O)OC1C#C. The Balaban J connectivity index is 2.82. The minimum atomic E-state index is -2.47. The van der Waals surface area contributed by atoms with Gasteiger partial charge < -0.3 is 4.52 Å². The maximum absolute atomic E-state index is 11.3. The van der Waals surface area contributed by atoms with Gasteiger partial charge in [-0.2, -0.15) is 0 Å². The van der Waals surface area contributed by atoms with Crippen molar-refractivity contribution >= 4 is 7.37 Å². The molecular formula is C8H9O2P. The minimum absolute atomic E-state index is 0.171. The van der Waals surface area contributed by atoms with Crippen LogP contribution in [0.2, 0.25) is 0 Å². The van der Waals surface area contributed by atoms with Crippen LogP contribution in [0, 0.1) is 30.6 Å². The molecule has 0 bridgehead atoms. The van der Waals surface area contributed by atoms with Crippen molar-refractivity contribution in [3.05, 3.63) is 0 Å². The van der Waals surface area contributed by atoms with Crippen LogP contribution in [0.3, 0.4) is 0 Å². The molecule has 1 aliphatic heterocycles. The van der Waals surface area contributed by atoms with E-state index in [2.05, 4.69) is 11.8 Å². The first kappa shape index (κ1) is 8.41. The van der Waals surface area contributed by atoms with E-state index in [0.717, 1.165) is 0 Å². The van der Waals surface area contributed by atoms with E-state index in [1.807, 2.05) is 0 Å². The minimum Gasteiger partial charge on any atom is -0.311 e. The third kappa shape index (κ3) is 1.66. The van der Waals surface area contributed by atoms with Crippen molar-refractivity contribution in [2.45, 2.75) is 6.10 Å². The van der Waals surface area contributed by atoms with Crippen LogP contribution in [0.15, 0.2) is 0 Å². The Hall–Kier alpha value is -0.690. The molecule has 2 nitrogen and oxygen atoms in total. The van der Waals surface area contributed by atoms with E-state index in [0.29, 0.717) is 6.16 Å². The molecule has 0 spiro atoms. The Kier molecular flexibility index (Phi) is 2.10. The Bertz CT molecular complexity index is 255. The lowest BCUT2D eigenvalue weighted by Crippen LogP contribution is -2.12. The lowest BCUT2D eigenvalue weighted by atomic mass is 10.1. The highest BCUT2D eigenvalue weighted by Gasteiger charge is 2.37. The van der Waals surface area contributed by atoms with Crippen molar-refractivity contribution in [3.63, 3.8) is 0 Å². The second-order valence-electron chi connectivity index (χ2n) is 2.66. The van der Waals surface area contributed by atoms with E-state index in [-0.39, 0.29) is 5.92 Å². The molecule has 0 amide bonds. The van der Waals surface area contributed by atoms with E-state index in [9.17, 15) is 4.57 Å². The molecule has 3 heteroatoms. The number of hydrogen-bond acceptors (Lipinski definition) is 2. The summed E-state index contributed by atoms with van der Waals surface area (Å²) in [5, 5.41) is 0. The Morgan fingerprint density at radius 2 is 2.18 bits per heavy atom. The number of terminal acetylenes is 2. The summed E-state index contributed by atoms with van der Waals surface area (Å²) in [6.45, 7) is 1.56. The maximum Gasteiger partial charge on any atom is 0.202 e. The highest BCUT2D eigenvalue weighted by molar-refractivity contribution is 7.58. The van der Waals surface area contributed by atoms with E-state index in [1.54, 1.807) is 6.66 Å². The maximum atomic E-state index is 11.3. The molecule has 1 fully saturated rings. The summed E-state index contributed by atoms with van der Waals surface area (Å²) >= 11 is 0. The Morgan fingerprint density at radius 3 is 2.55 bits per heavy atom. The van der Waals surface area contributed by atoms with Crippen LogP contribution < -0.4 is 0 Å². The predicted molar refractivity (Wildman–Crippen MR) is 44.4 cm³/mol. The third-order valence-corrected chi connectivity index (χ3v) is 3.34. The van der Waals surface area contributed by atoms with Gasteiger partial charge in [-0.1, -0.05) is 11.8 Å². The topological polar surface area (TPSA) is 26.3 Å². The lowest BCUT2D eigenvalue weighted by Gasteiger charge is -2.03. The molecule has 0 aromatic carbocycles. The molecule has 0 saturated carbocycles. The lowest BCUT2D eigenvalue weighted by molar-refractivity contribution is 0.271. The van der Waals surface area contributed by atoms with Gasteiger partial charge in [-0.15, -0.1) is 12.8 Å². The van der Waals surface area contributed by atoms with Crippen molar-refractivity contribution < 1.29 is 9.09 Å². The van der Waals surface area contributed by atoms with Gasteiger partial charge in [0.1, 0.15) is 6.10 Å². The first-order chi connectivity index (χ1) is 5.09. The molecule has 1 heterocycles. The fourth-order valence-corrected chi connectivity index (χ4v) is 2.88. The quantitative estimate of drug-likeness (QED) is 0.401. The van der Waals surface area contributed by atoms with E-state index < -0.39 is 13.5 Å². The van der Waals surface area contributed by atoms with E-state index in [1.165, 1.54) is 0 Å². The molecule has 11 heavy (non-hydrogen) atoms. The van der Waals surface area contributed by atoms with Crippen molar-refractivity contribution in [3.8, 4) is 24.7 Å². The monoisotopic (exact) mass is 168 g/mol. The molecule has 0 N–H and O–H groups in total. The van der Waals surface area contributed by atoms with Crippen LogP contribution >= 0.6 is 7.37 Å². The van der Waals surface area contributed by atoms with Gasteiger partial charge in [-0.25, -0.2) is 0 Å². The molecule has 1 aliphatic rings. The van der Waals surface area contributed by atoms with Crippen LogP contribution in [0.5, 0.6) is 0 Å². The average Bonchev–Trinajstić information content (AvgIpc) is 2.25. The van der Waals surface area contributed by atoms with Gasteiger partial charge in [0.2, 0.25) is 7.37 Å². The molecule has 3 atom stereocenters. The van der Waals surface area contributed by atoms with Crippen molar-refractivity contribution in [2.75, 3.05) is 12.8 Å². The Labute approximate surface area is 66.8 Å². The molecule has 0 aromatic rings. The smallest absolute Gasteiger partial charge is 0.202 e. The van der Waals surface area contributed by atoms with Gasteiger partial charge in [0.25, 0.3) is 0 Å². The predicted octanol–water partition coefficient (Wildman–Crippen LogP) is 1.18. The van der Waals surface area contributed by atoms with Crippen molar-refractivity contribution in [1.82, 2.24) is 0 Å². The van der Waals surface area contributed by atoms with Gasteiger partial charge in [0.05, 0.1) is 5.92 Å². The molecule has 0 aromatic heterocycles. The summed E-state index contributed by atoms with van der Waals surface area (Å²) < 4.78 is 16.4. The first-order valence-electron chi connectivity index (χ1n) is 3.26. The molecule has 3 unspecified atom stereocenters. The second-order valence-corrected chi connectivity index (χ2v) is 5.27. The zero-order valence-corrected chi connectivity index (χ0v) is 7.17. The summed E-state index contributed by atoms with van der Waals surface area (Å²) in [7, 11) is -2.47. The van der Waals surface area contributed by atoms with Crippen LogP contribution in [-0.2, 0) is 9.09 Å². The summed E-state index contributed by atoms with van der Waals surface area (Å²) in [6, 6.07) is 0.